The summed E-state index contributed by atoms with van der Waals surface area (Å²) in [6.07, 6.45) is 8.37. The van der Waals surface area contributed by atoms with Crippen LogP contribution in [-0.4, -0.2) is 54.9 Å². The minimum Gasteiger partial charge on any atom is -0.748 e. The van der Waals surface area contributed by atoms with Gasteiger partial charge in [-0.25, -0.2) is 16.8 Å². The second kappa shape index (κ2) is 13.7. The third kappa shape index (κ3) is 8.83. The summed E-state index contributed by atoms with van der Waals surface area (Å²) in [6, 6.07) is 4.86. The molecule has 2 aromatic rings. The first kappa shape index (κ1) is 33.2. The Morgan fingerprint density at radius 2 is 1.82 bits per heavy atom. The summed E-state index contributed by atoms with van der Waals surface area (Å²) in [4.78, 5) is 1.89. The Morgan fingerprint density at radius 3 is 2.50 bits per heavy atom. The van der Waals surface area contributed by atoms with E-state index in [1.165, 1.54) is 0 Å². The van der Waals surface area contributed by atoms with E-state index in [-0.39, 0.29) is 61.5 Å². The molecule has 15 heteroatoms. The summed E-state index contributed by atoms with van der Waals surface area (Å²) in [5.74, 6) is 0.552. The van der Waals surface area contributed by atoms with Gasteiger partial charge in [-0.1, -0.05) is 30.1 Å². The third-order valence-electron chi connectivity index (χ3n) is 6.31. The van der Waals surface area contributed by atoms with E-state index in [9.17, 15) is 25.9 Å². The molecule has 0 spiro atoms. The van der Waals surface area contributed by atoms with E-state index >= 15 is 0 Å². The van der Waals surface area contributed by atoms with Crippen molar-refractivity contribution >= 4 is 60.6 Å². The van der Waals surface area contributed by atoms with Crippen LogP contribution in [0.2, 0.25) is 5.02 Å². The average molecular weight is 642 g/mol. The molecule has 1 atom stereocenters. The van der Waals surface area contributed by atoms with Crippen LogP contribution in [0.4, 0.5) is 0 Å². The molecule has 1 aliphatic carbocycles. The Morgan fingerprint density at radius 1 is 1.12 bits per heavy atom. The van der Waals surface area contributed by atoms with E-state index in [2.05, 4.69) is 0 Å². The minimum atomic E-state index is -4.38. The maximum absolute atomic E-state index is 11.2. The van der Waals surface area contributed by atoms with Gasteiger partial charge in [0, 0.05) is 53.1 Å². The van der Waals surface area contributed by atoms with Gasteiger partial charge in [0.15, 0.2) is 12.4 Å². The zero-order valence-electron chi connectivity index (χ0n) is 22.0. The van der Waals surface area contributed by atoms with Crippen molar-refractivity contribution in [2.75, 3.05) is 18.1 Å². The standard InChI is InChI=1S/C25H28Cl2N2O8S2.Na/c1-2-17(13-24-28(9-3-11-38(30,31)32)20-15-18(26)5-7-22(20)36-24)14-25-29(10-4-12-39(33,34)35)21-16-19(27)6-8-23(21)37-25;/h5-8,13-15,21H,2-4,9-12,16H2,1H3,(H-,30,31,32,33,34,35);/q;+1/p-1. The molecular weight excluding hydrogens is 614 g/mol. The van der Waals surface area contributed by atoms with Crippen LogP contribution in [0.15, 0.2) is 63.1 Å². The minimum absolute atomic E-state index is 0. The Balaban J connectivity index is 0.00000441. The second-order valence-electron chi connectivity index (χ2n) is 9.19. The van der Waals surface area contributed by atoms with Crippen LogP contribution in [0.3, 0.4) is 0 Å². The van der Waals surface area contributed by atoms with Crippen molar-refractivity contribution in [3.63, 3.8) is 0 Å². The molecular formula is C25H27Cl2N2NaO8S2. The number of hydrogen-bond acceptors (Lipinski definition) is 9. The van der Waals surface area contributed by atoms with Crippen LogP contribution >= 0.6 is 23.2 Å². The van der Waals surface area contributed by atoms with Crippen molar-refractivity contribution < 1.29 is 69.2 Å². The zero-order valence-corrected chi connectivity index (χ0v) is 27.2. The van der Waals surface area contributed by atoms with E-state index in [0.717, 1.165) is 5.57 Å². The number of hydrogen-bond donors (Lipinski definition) is 0. The van der Waals surface area contributed by atoms with Crippen LogP contribution in [0.1, 0.15) is 38.5 Å². The number of benzene rings is 1. The van der Waals surface area contributed by atoms with Crippen molar-refractivity contribution in [3.8, 4) is 0 Å². The smallest absolute Gasteiger partial charge is 0.748 e. The van der Waals surface area contributed by atoms with Crippen LogP contribution < -0.4 is 34.1 Å². The van der Waals surface area contributed by atoms with Crippen LogP contribution in [-0.2, 0) is 31.5 Å². The van der Waals surface area contributed by atoms with Crippen LogP contribution in [0, 0.1) is 0 Å². The molecule has 4 rings (SSSR count). The molecule has 2 heterocycles. The molecule has 40 heavy (non-hydrogen) atoms. The number of rotatable bonds is 11. The summed E-state index contributed by atoms with van der Waals surface area (Å²) in [5.41, 5.74) is 1.97. The van der Waals surface area contributed by atoms with Crippen LogP contribution in [0.25, 0.3) is 17.2 Å². The van der Waals surface area contributed by atoms with E-state index in [1.807, 2.05) is 17.9 Å². The largest absolute Gasteiger partial charge is 1.00 e. The van der Waals surface area contributed by atoms with Crippen molar-refractivity contribution in [3.05, 3.63) is 69.6 Å². The Kier molecular flexibility index (Phi) is 11.4. The molecule has 0 radical (unpaired) electrons. The fraction of sp³-hybridized carbons (Fsp3) is 0.400. The second-order valence-corrected chi connectivity index (χ2v) is 13.2. The molecule has 1 aromatic carbocycles. The molecule has 0 saturated carbocycles. The number of halogens is 2. The van der Waals surface area contributed by atoms with Crippen molar-refractivity contribution in [1.29, 1.82) is 0 Å². The molecule has 1 fully saturated rings. The fourth-order valence-electron chi connectivity index (χ4n) is 4.50. The van der Waals surface area contributed by atoms with E-state index in [4.69, 9.17) is 32.4 Å². The molecule has 1 saturated heterocycles. The summed E-state index contributed by atoms with van der Waals surface area (Å²) < 4.78 is 80.9. The van der Waals surface area contributed by atoms with Gasteiger partial charge >= 0.3 is 35.4 Å². The number of aryl methyl sites for hydroxylation is 1. The zero-order chi connectivity index (χ0) is 28.4. The maximum atomic E-state index is 11.2. The monoisotopic (exact) mass is 640 g/mol. The van der Waals surface area contributed by atoms with Gasteiger partial charge in [-0.05, 0) is 42.7 Å². The molecule has 1 aliphatic heterocycles. The Bertz CT molecular complexity index is 1600. The molecule has 2 aliphatic rings. The first-order valence-electron chi connectivity index (χ1n) is 12.2. The first-order valence-corrected chi connectivity index (χ1v) is 16.2. The van der Waals surface area contributed by atoms with Gasteiger partial charge < -0.3 is 23.2 Å². The summed E-state index contributed by atoms with van der Waals surface area (Å²) >= 11 is 12.4. The summed E-state index contributed by atoms with van der Waals surface area (Å²) in [7, 11) is -8.74. The molecule has 212 valence electrons. The van der Waals surface area contributed by atoms with Gasteiger partial charge in [0.2, 0.25) is 5.58 Å². The summed E-state index contributed by atoms with van der Waals surface area (Å²) in [5, 5.41) is 1.10. The third-order valence-corrected chi connectivity index (χ3v) is 8.41. The Hall–Kier alpha value is -1.35. The molecule has 0 N–H and O–H groups in total. The molecule has 1 unspecified atom stereocenters. The predicted molar refractivity (Wildman–Crippen MR) is 144 cm³/mol. The molecule has 10 nitrogen and oxygen atoms in total. The molecule has 0 amide bonds. The number of oxazole rings is 1. The van der Waals surface area contributed by atoms with Crippen molar-refractivity contribution in [1.82, 2.24) is 4.90 Å². The first-order chi connectivity index (χ1) is 18.3. The number of aromatic nitrogens is 1. The number of ether oxygens (including phenoxy) is 1. The SMILES string of the molecule is CCC(=Cc1oc2ccc(Cl)cc2[n+]1CCCS(=O)(=O)[O-])C=C1OC2=CC=C(Cl)CC2N1CCCS(=O)(=O)[O-].[Na+]. The number of nitrogens with zero attached hydrogens (tertiary/aromatic N) is 2. The van der Waals surface area contributed by atoms with Gasteiger partial charge in [-0.3, -0.25) is 0 Å². The van der Waals surface area contributed by atoms with Crippen molar-refractivity contribution in [2.24, 2.45) is 0 Å². The van der Waals surface area contributed by atoms with Crippen LogP contribution in [0.5, 0.6) is 0 Å². The average Bonchev–Trinajstić information content (AvgIpc) is 3.34. The summed E-state index contributed by atoms with van der Waals surface area (Å²) in [6.45, 7) is 2.41. The molecule has 0 bridgehead atoms. The maximum Gasteiger partial charge on any atom is 1.00 e. The topological polar surface area (TPSA) is 144 Å². The number of fused-ring (bicyclic) bond motifs is 2. The van der Waals surface area contributed by atoms with Gasteiger partial charge in [0.1, 0.15) is 5.76 Å². The van der Waals surface area contributed by atoms with Gasteiger partial charge in [0.05, 0.1) is 32.4 Å². The Labute approximate surface area is 265 Å². The van der Waals surface area contributed by atoms with Crippen molar-refractivity contribution in [2.45, 2.75) is 45.2 Å². The van der Waals surface area contributed by atoms with Gasteiger partial charge in [0.25, 0.3) is 5.52 Å². The van der Waals surface area contributed by atoms with E-state index < -0.39 is 31.7 Å². The predicted octanol–water partition coefficient (Wildman–Crippen LogP) is 0.994. The van der Waals surface area contributed by atoms with Gasteiger partial charge in [-0.15, -0.1) is 0 Å². The van der Waals surface area contributed by atoms with Gasteiger partial charge in [-0.2, -0.15) is 4.57 Å². The molecule has 1 aromatic heterocycles. The fourth-order valence-corrected chi connectivity index (χ4v) is 5.84. The normalized spacial score (nSPS) is 18.8. The quantitative estimate of drug-likeness (QED) is 0.199. The van der Waals surface area contributed by atoms with E-state index in [0.29, 0.717) is 51.5 Å². The number of allylic oxidation sites excluding steroid dienone is 4. The van der Waals surface area contributed by atoms with E-state index in [1.54, 1.807) is 41.0 Å².